The van der Waals surface area contributed by atoms with Crippen molar-refractivity contribution >= 4 is 5.91 Å². The number of hydrogen-bond acceptors (Lipinski definition) is 4. The quantitative estimate of drug-likeness (QED) is 0.878. The average Bonchev–Trinajstić information content (AvgIpc) is 2.90. The third-order valence-electron chi connectivity index (χ3n) is 4.25. The van der Waals surface area contributed by atoms with Crippen molar-refractivity contribution in [2.75, 3.05) is 6.54 Å². The van der Waals surface area contributed by atoms with Gasteiger partial charge in [0.25, 0.3) is 0 Å². The van der Waals surface area contributed by atoms with E-state index in [4.69, 9.17) is 0 Å². The Bertz CT molecular complexity index is 780. The Morgan fingerprint density at radius 3 is 2.74 bits per heavy atom. The predicted molar refractivity (Wildman–Crippen MR) is 75.8 cm³/mol. The summed E-state index contributed by atoms with van der Waals surface area (Å²) in [4.78, 5) is 22.7. The van der Waals surface area contributed by atoms with Crippen molar-refractivity contribution in [1.82, 2.24) is 15.5 Å². The highest BCUT2D eigenvalue weighted by Crippen LogP contribution is 2.43. The van der Waals surface area contributed by atoms with E-state index in [1.54, 1.807) is 0 Å². The van der Waals surface area contributed by atoms with Crippen molar-refractivity contribution in [3.05, 3.63) is 51.8 Å². The zero-order valence-corrected chi connectivity index (χ0v) is 12.2. The van der Waals surface area contributed by atoms with Gasteiger partial charge in [0.1, 0.15) is 11.6 Å². The summed E-state index contributed by atoms with van der Waals surface area (Å²) < 4.78 is 31.4. The summed E-state index contributed by atoms with van der Waals surface area (Å²) in [5.74, 6) is -2.94. The monoisotopic (exact) mass is 323 g/mol. The molecule has 1 aromatic heterocycles. The molecular formula is C15H15F2N3O3. The summed E-state index contributed by atoms with van der Waals surface area (Å²) in [6.07, 6.45) is 3.04. The molecule has 0 spiro atoms. The molecule has 0 radical (unpaired) electrons. The molecule has 0 saturated heterocycles. The SMILES string of the molecule is O=C(NCC1(Cc2ccc(F)cc2F)CCC1)c1n[nH]c(=O)o1. The largest absolute Gasteiger partial charge is 0.434 e. The van der Waals surface area contributed by atoms with Crippen LogP contribution in [0.3, 0.4) is 0 Å². The minimum atomic E-state index is -0.804. The van der Waals surface area contributed by atoms with E-state index in [1.807, 2.05) is 5.10 Å². The Morgan fingerprint density at radius 2 is 2.17 bits per heavy atom. The Hall–Kier alpha value is -2.51. The van der Waals surface area contributed by atoms with Crippen molar-refractivity contribution in [1.29, 1.82) is 0 Å². The van der Waals surface area contributed by atoms with Crippen LogP contribution in [0.5, 0.6) is 0 Å². The minimum absolute atomic E-state index is 0.273. The van der Waals surface area contributed by atoms with Crippen LogP contribution in [0.2, 0.25) is 0 Å². The van der Waals surface area contributed by atoms with Gasteiger partial charge in [-0.15, -0.1) is 5.10 Å². The minimum Gasteiger partial charge on any atom is -0.383 e. The van der Waals surface area contributed by atoms with Gasteiger partial charge in [-0.2, -0.15) is 0 Å². The zero-order valence-electron chi connectivity index (χ0n) is 12.2. The number of halogens is 2. The summed E-state index contributed by atoms with van der Waals surface area (Å²) in [7, 11) is 0. The summed E-state index contributed by atoms with van der Waals surface area (Å²) in [5, 5.41) is 8.11. The fourth-order valence-electron chi connectivity index (χ4n) is 2.83. The molecule has 23 heavy (non-hydrogen) atoms. The lowest BCUT2D eigenvalue weighted by atomic mass is 9.65. The number of amides is 1. The number of carbonyl (C=O) groups is 1. The van der Waals surface area contributed by atoms with E-state index in [9.17, 15) is 18.4 Å². The highest BCUT2D eigenvalue weighted by Gasteiger charge is 2.38. The third-order valence-corrected chi connectivity index (χ3v) is 4.25. The van der Waals surface area contributed by atoms with Crippen molar-refractivity contribution in [3.63, 3.8) is 0 Å². The van der Waals surface area contributed by atoms with Gasteiger partial charge < -0.3 is 9.73 Å². The second-order valence-corrected chi connectivity index (χ2v) is 5.87. The molecule has 0 aliphatic heterocycles. The number of aromatic amines is 1. The number of nitrogens with one attached hydrogen (secondary N) is 2. The van der Waals surface area contributed by atoms with E-state index in [0.717, 1.165) is 25.3 Å². The first-order valence-corrected chi connectivity index (χ1v) is 7.25. The number of carbonyl (C=O) groups excluding carboxylic acids is 1. The molecule has 2 N–H and O–H groups in total. The fraction of sp³-hybridized carbons (Fsp3) is 0.400. The van der Waals surface area contributed by atoms with E-state index in [1.165, 1.54) is 12.1 Å². The first-order chi connectivity index (χ1) is 11.0. The number of nitrogens with zero attached hydrogens (tertiary/aromatic N) is 1. The smallest absolute Gasteiger partial charge is 0.383 e. The zero-order chi connectivity index (χ0) is 16.4. The molecule has 1 aromatic carbocycles. The number of rotatable bonds is 5. The molecule has 6 nitrogen and oxygen atoms in total. The van der Waals surface area contributed by atoms with Crippen LogP contribution in [-0.2, 0) is 6.42 Å². The summed E-state index contributed by atoms with van der Waals surface area (Å²) in [6.45, 7) is 0.305. The lowest BCUT2D eigenvalue weighted by Gasteiger charge is -2.42. The predicted octanol–water partition coefficient (Wildman–Crippen LogP) is 1.78. The molecule has 0 unspecified atom stereocenters. The van der Waals surface area contributed by atoms with Gasteiger partial charge in [-0.1, -0.05) is 12.5 Å². The van der Waals surface area contributed by atoms with Gasteiger partial charge in [0.15, 0.2) is 0 Å². The van der Waals surface area contributed by atoms with Gasteiger partial charge >= 0.3 is 17.6 Å². The molecule has 0 atom stereocenters. The molecule has 1 amide bonds. The van der Waals surface area contributed by atoms with E-state index >= 15 is 0 Å². The molecule has 1 heterocycles. The number of benzene rings is 1. The topological polar surface area (TPSA) is 88.0 Å². The third kappa shape index (κ3) is 3.30. The second-order valence-electron chi connectivity index (χ2n) is 5.87. The van der Waals surface area contributed by atoms with Gasteiger partial charge in [0.05, 0.1) is 0 Å². The van der Waals surface area contributed by atoms with Gasteiger partial charge in [-0.05, 0) is 36.3 Å². The van der Waals surface area contributed by atoms with E-state index in [0.29, 0.717) is 18.5 Å². The lowest BCUT2D eigenvalue weighted by molar-refractivity contribution is 0.0824. The molecule has 1 aliphatic rings. The Morgan fingerprint density at radius 1 is 1.39 bits per heavy atom. The maximum absolute atomic E-state index is 13.8. The van der Waals surface area contributed by atoms with E-state index in [-0.39, 0.29) is 11.3 Å². The van der Waals surface area contributed by atoms with Gasteiger partial charge in [-0.25, -0.2) is 18.7 Å². The van der Waals surface area contributed by atoms with Crippen LogP contribution in [0.1, 0.15) is 35.5 Å². The first kappa shape index (κ1) is 15.4. The molecule has 0 bridgehead atoms. The lowest BCUT2D eigenvalue weighted by Crippen LogP contribution is -2.44. The van der Waals surface area contributed by atoms with Crippen LogP contribution < -0.4 is 11.1 Å². The average molecular weight is 323 g/mol. The second kappa shape index (κ2) is 5.94. The molecule has 122 valence electrons. The van der Waals surface area contributed by atoms with Crippen LogP contribution in [0.25, 0.3) is 0 Å². The Balaban J connectivity index is 1.66. The van der Waals surface area contributed by atoms with Gasteiger partial charge in [-0.3, -0.25) is 4.79 Å². The number of aromatic nitrogens is 2. The van der Waals surface area contributed by atoms with Crippen molar-refractivity contribution < 1.29 is 18.0 Å². The highest BCUT2D eigenvalue weighted by molar-refractivity contribution is 5.89. The molecule has 1 saturated carbocycles. The van der Waals surface area contributed by atoms with Crippen LogP contribution in [0, 0.1) is 17.0 Å². The van der Waals surface area contributed by atoms with Crippen LogP contribution >= 0.6 is 0 Å². The first-order valence-electron chi connectivity index (χ1n) is 7.25. The van der Waals surface area contributed by atoms with Crippen molar-refractivity contribution in [3.8, 4) is 0 Å². The fourth-order valence-corrected chi connectivity index (χ4v) is 2.83. The normalized spacial score (nSPS) is 15.9. The van der Waals surface area contributed by atoms with Crippen molar-refractivity contribution in [2.45, 2.75) is 25.7 Å². The van der Waals surface area contributed by atoms with Crippen LogP contribution in [-0.4, -0.2) is 22.6 Å². The molecule has 3 rings (SSSR count). The molecule has 2 aromatic rings. The van der Waals surface area contributed by atoms with Gasteiger partial charge in [0.2, 0.25) is 0 Å². The summed E-state index contributed by atoms with van der Waals surface area (Å²) >= 11 is 0. The van der Waals surface area contributed by atoms with Crippen LogP contribution in [0.15, 0.2) is 27.4 Å². The van der Waals surface area contributed by atoms with E-state index < -0.39 is 23.3 Å². The molecule has 1 fully saturated rings. The molecule has 1 aliphatic carbocycles. The van der Waals surface area contributed by atoms with Crippen LogP contribution in [0.4, 0.5) is 8.78 Å². The maximum Gasteiger partial charge on any atom is 0.434 e. The van der Waals surface area contributed by atoms with Gasteiger partial charge in [0, 0.05) is 12.6 Å². The highest BCUT2D eigenvalue weighted by atomic mass is 19.1. The molecular weight excluding hydrogens is 308 g/mol. The standard InChI is InChI=1S/C15H15F2N3O3/c16-10-3-2-9(11(17)6-10)7-15(4-1-5-15)8-18-12(21)13-19-20-14(22)23-13/h2-3,6H,1,4-5,7-8H2,(H,18,21)(H,20,22). The summed E-state index contributed by atoms with van der Waals surface area (Å²) in [6, 6.07) is 3.51. The molecule has 8 heteroatoms. The number of hydrogen-bond donors (Lipinski definition) is 2. The summed E-state index contributed by atoms with van der Waals surface area (Å²) in [5.41, 5.74) is 0.150. The maximum atomic E-state index is 13.8. The Kier molecular flexibility index (Phi) is 3.97. The Labute approximate surface area is 129 Å². The number of H-pyrrole nitrogens is 1. The van der Waals surface area contributed by atoms with E-state index in [2.05, 4.69) is 14.8 Å². The van der Waals surface area contributed by atoms with Crippen molar-refractivity contribution in [2.24, 2.45) is 5.41 Å².